The van der Waals surface area contributed by atoms with Crippen LogP contribution in [0.25, 0.3) is 6.08 Å². The lowest BCUT2D eigenvalue weighted by molar-refractivity contribution is -0.122. The molecular formula is C19H15ClN2O3S. The Morgan fingerprint density at radius 1 is 1.15 bits per heavy atom. The molecule has 0 radical (unpaired) electrons. The molecular weight excluding hydrogens is 372 g/mol. The standard InChI is InChI=1S/C19H15ClN2O3S/c1-11-14(20)7-5-8-15(11)22-18(24)13(17(23)21-19(22)26)10-12-6-3-4-9-16(12)25-2/h3-10H,1-2H3,(H,21,23,26)/b13-10+. The van der Waals surface area contributed by atoms with Gasteiger partial charge < -0.3 is 4.74 Å². The second-order valence-electron chi connectivity index (χ2n) is 5.58. The van der Waals surface area contributed by atoms with Gasteiger partial charge in [-0.25, -0.2) is 0 Å². The van der Waals surface area contributed by atoms with Gasteiger partial charge in [0.25, 0.3) is 11.8 Å². The Balaban J connectivity index is 2.09. The van der Waals surface area contributed by atoms with Gasteiger partial charge in [-0.05, 0) is 49.0 Å². The highest BCUT2D eigenvalue weighted by Crippen LogP contribution is 2.30. The summed E-state index contributed by atoms with van der Waals surface area (Å²) in [5.74, 6) is -0.518. The van der Waals surface area contributed by atoms with Crippen molar-refractivity contribution in [2.45, 2.75) is 6.92 Å². The normalized spacial score (nSPS) is 16.0. The predicted molar refractivity (Wildman–Crippen MR) is 105 cm³/mol. The zero-order chi connectivity index (χ0) is 18.8. The molecule has 0 atom stereocenters. The molecule has 1 heterocycles. The van der Waals surface area contributed by atoms with Crippen molar-refractivity contribution in [2.24, 2.45) is 0 Å². The van der Waals surface area contributed by atoms with Gasteiger partial charge in [0, 0.05) is 10.6 Å². The summed E-state index contributed by atoms with van der Waals surface area (Å²) < 4.78 is 5.28. The molecule has 1 saturated heterocycles. The third kappa shape index (κ3) is 3.21. The fraction of sp³-hybridized carbons (Fsp3) is 0.105. The predicted octanol–water partition coefficient (Wildman–Crippen LogP) is 3.49. The number of amides is 2. The molecule has 0 unspecified atom stereocenters. The minimum atomic E-state index is -0.554. The number of methoxy groups -OCH3 is 1. The van der Waals surface area contributed by atoms with Gasteiger partial charge in [0.2, 0.25) is 0 Å². The van der Waals surface area contributed by atoms with Crippen molar-refractivity contribution in [3.63, 3.8) is 0 Å². The van der Waals surface area contributed by atoms with E-state index in [1.807, 2.05) is 0 Å². The number of para-hydroxylation sites is 1. The van der Waals surface area contributed by atoms with Crippen LogP contribution in [0.4, 0.5) is 5.69 Å². The summed E-state index contributed by atoms with van der Waals surface area (Å²) in [5, 5.41) is 3.08. The van der Waals surface area contributed by atoms with Crippen LogP contribution in [0.5, 0.6) is 5.75 Å². The first kappa shape index (κ1) is 18.1. The van der Waals surface area contributed by atoms with Crippen molar-refractivity contribution in [3.8, 4) is 5.75 Å². The summed E-state index contributed by atoms with van der Waals surface area (Å²) in [7, 11) is 1.52. The van der Waals surface area contributed by atoms with E-state index in [2.05, 4.69) is 5.32 Å². The number of hydrogen-bond donors (Lipinski definition) is 1. The third-order valence-electron chi connectivity index (χ3n) is 4.02. The van der Waals surface area contributed by atoms with Crippen LogP contribution in [-0.2, 0) is 9.59 Å². The molecule has 5 nitrogen and oxygen atoms in total. The van der Waals surface area contributed by atoms with Gasteiger partial charge >= 0.3 is 0 Å². The molecule has 1 aliphatic heterocycles. The van der Waals surface area contributed by atoms with Crippen LogP contribution in [-0.4, -0.2) is 24.0 Å². The van der Waals surface area contributed by atoms with E-state index in [0.29, 0.717) is 27.6 Å². The molecule has 0 aromatic heterocycles. The van der Waals surface area contributed by atoms with Gasteiger partial charge in [-0.1, -0.05) is 35.9 Å². The van der Waals surface area contributed by atoms with Crippen molar-refractivity contribution >= 4 is 52.5 Å². The fourth-order valence-corrected chi connectivity index (χ4v) is 3.10. The van der Waals surface area contributed by atoms with Crippen molar-refractivity contribution < 1.29 is 14.3 Å². The van der Waals surface area contributed by atoms with Gasteiger partial charge in [0.1, 0.15) is 11.3 Å². The molecule has 2 aromatic carbocycles. The minimum absolute atomic E-state index is 0.0162. The van der Waals surface area contributed by atoms with E-state index in [-0.39, 0.29) is 10.7 Å². The Labute approximate surface area is 161 Å². The first-order valence-corrected chi connectivity index (χ1v) is 8.52. The summed E-state index contributed by atoms with van der Waals surface area (Å²) >= 11 is 11.4. The lowest BCUT2D eigenvalue weighted by Gasteiger charge is -2.30. The van der Waals surface area contributed by atoms with E-state index in [9.17, 15) is 9.59 Å². The molecule has 0 aliphatic carbocycles. The number of nitrogens with one attached hydrogen (secondary N) is 1. The van der Waals surface area contributed by atoms with Gasteiger partial charge in [-0.2, -0.15) is 0 Å². The maximum atomic E-state index is 13.0. The number of rotatable bonds is 3. The molecule has 1 aliphatic rings. The highest BCUT2D eigenvalue weighted by molar-refractivity contribution is 7.80. The zero-order valence-electron chi connectivity index (χ0n) is 14.1. The van der Waals surface area contributed by atoms with E-state index in [0.717, 1.165) is 0 Å². The highest BCUT2D eigenvalue weighted by Gasteiger charge is 2.35. The number of thiocarbonyl (C=S) groups is 1. The Kier molecular flexibility index (Phi) is 5.06. The zero-order valence-corrected chi connectivity index (χ0v) is 15.6. The highest BCUT2D eigenvalue weighted by atomic mass is 35.5. The van der Waals surface area contributed by atoms with E-state index in [1.54, 1.807) is 49.4 Å². The Bertz CT molecular complexity index is 956. The second kappa shape index (κ2) is 7.27. The SMILES string of the molecule is COc1ccccc1/C=C1\C(=O)NC(=S)N(c2cccc(Cl)c2C)C1=O. The van der Waals surface area contributed by atoms with Crippen LogP contribution in [0.3, 0.4) is 0 Å². The smallest absolute Gasteiger partial charge is 0.270 e. The van der Waals surface area contributed by atoms with Crippen molar-refractivity contribution in [3.05, 3.63) is 64.2 Å². The summed E-state index contributed by atoms with van der Waals surface area (Å²) in [6, 6.07) is 12.3. The average Bonchev–Trinajstić information content (AvgIpc) is 2.62. The average molecular weight is 387 g/mol. The molecule has 132 valence electrons. The number of carbonyl (C=O) groups excluding carboxylic acids is 2. The maximum absolute atomic E-state index is 13.0. The van der Waals surface area contributed by atoms with E-state index >= 15 is 0 Å². The topological polar surface area (TPSA) is 58.6 Å². The molecule has 2 aromatic rings. The lowest BCUT2D eigenvalue weighted by Crippen LogP contribution is -2.54. The first-order valence-electron chi connectivity index (χ1n) is 7.73. The van der Waals surface area contributed by atoms with E-state index in [1.165, 1.54) is 18.1 Å². The van der Waals surface area contributed by atoms with Crippen molar-refractivity contribution in [1.82, 2.24) is 5.32 Å². The molecule has 7 heteroatoms. The third-order valence-corrected chi connectivity index (χ3v) is 4.71. The van der Waals surface area contributed by atoms with Gasteiger partial charge in [0.15, 0.2) is 5.11 Å². The number of nitrogens with zero attached hydrogens (tertiary/aromatic N) is 1. The van der Waals surface area contributed by atoms with Crippen LogP contribution in [0.1, 0.15) is 11.1 Å². The molecule has 3 rings (SSSR count). The molecule has 0 spiro atoms. The van der Waals surface area contributed by atoms with Crippen LogP contribution in [0.2, 0.25) is 5.02 Å². The minimum Gasteiger partial charge on any atom is -0.496 e. The molecule has 0 bridgehead atoms. The van der Waals surface area contributed by atoms with Crippen molar-refractivity contribution in [1.29, 1.82) is 0 Å². The summed E-state index contributed by atoms with van der Waals surface area (Å²) in [5.41, 5.74) is 1.79. The fourth-order valence-electron chi connectivity index (χ4n) is 2.66. The Morgan fingerprint density at radius 2 is 1.88 bits per heavy atom. The molecule has 26 heavy (non-hydrogen) atoms. The second-order valence-corrected chi connectivity index (χ2v) is 6.38. The molecule has 2 amide bonds. The molecule has 1 N–H and O–H groups in total. The Hall–Kier alpha value is -2.70. The number of ether oxygens (including phenoxy) is 1. The van der Waals surface area contributed by atoms with Gasteiger partial charge in [0.05, 0.1) is 12.8 Å². The summed E-state index contributed by atoms with van der Waals surface area (Å²) in [6.07, 6.45) is 1.49. The Morgan fingerprint density at radius 3 is 2.62 bits per heavy atom. The number of halogens is 1. The van der Waals surface area contributed by atoms with Gasteiger partial charge in [-0.15, -0.1) is 0 Å². The van der Waals surface area contributed by atoms with Crippen LogP contribution in [0, 0.1) is 6.92 Å². The summed E-state index contributed by atoms with van der Waals surface area (Å²) in [4.78, 5) is 26.7. The molecule has 0 saturated carbocycles. The van der Waals surface area contributed by atoms with E-state index in [4.69, 9.17) is 28.6 Å². The van der Waals surface area contributed by atoms with Crippen LogP contribution >= 0.6 is 23.8 Å². The van der Waals surface area contributed by atoms with Gasteiger partial charge in [-0.3, -0.25) is 19.8 Å². The maximum Gasteiger partial charge on any atom is 0.270 e. The van der Waals surface area contributed by atoms with Crippen LogP contribution < -0.4 is 15.0 Å². The van der Waals surface area contributed by atoms with Crippen molar-refractivity contribution in [2.75, 3.05) is 12.0 Å². The number of anilines is 1. The summed E-state index contributed by atoms with van der Waals surface area (Å²) in [6.45, 7) is 1.79. The first-order chi connectivity index (χ1) is 12.4. The molecule has 1 fully saturated rings. The quantitative estimate of drug-likeness (QED) is 0.498. The number of benzene rings is 2. The lowest BCUT2D eigenvalue weighted by atomic mass is 10.1. The van der Waals surface area contributed by atoms with E-state index < -0.39 is 11.8 Å². The largest absolute Gasteiger partial charge is 0.496 e. The number of hydrogen-bond acceptors (Lipinski definition) is 4. The van der Waals surface area contributed by atoms with Crippen LogP contribution in [0.15, 0.2) is 48.0 Å². The number of carbonyl (C=O) groups is 2. The monoisotopic (exact) mass is 386 g/mol.